The molecule has 0 amide bonds. The summed E-state index contributed by atoms with van der Waals surface area (Å²) in [5.41, 5.74) is 0. The van der Waals surface area contributed by atoms with Gasteiger partial charge in [-0.2, -0.15) is 0 Å². The van der Waals surface area contributed by atoms with Gasteiger partial charge in [0.1, 0.15) is 6.10 Å². The predicted octanol–water partition coefficient (Wildman–Crippen LogP) is 0.470. The van der Waals surface area contributed by atoms with E-state index in [-0.39, 0.29) is 12.4 Å². The van der Waals surface area contributed by atoms with E-state index < -0.39 is 11.9 Å². The Kier molecular flexibility index (Phi) is 3.01. The van der Waals surface area contributed by atoms with Crippen LogP contribution in [0, 0.1) is 0 Å². The van der Waals surface area contributed by atoms with Crippen LogP contribution in [0.3, 0.4) is 0 Å². The van der Waals surface area contributed by atoms with Crippen molar-refractivity contribution in [3.05, 3.63) is 24.2 Å². The maximum atomic E-state index is 11.2. The van der Waals surface area contributed by atoms with Gasteiger partial charge < -0.3 is 14.3 Å². The average molecular weight is 170 g/mol. The fourth-order valence-corrected chi connectivity index (χ4v) is 0.817. The smallest absolute Gasteiger partial charge is 0.228 e. The average Bonchev–Trinajstić information content (AvgIpc) is 2.55. The summed E-state index contributed by atoms with van der Waals surface area (Å²) in [7, 11) is 1.42. The van der Waals surface area contributed by atoms with Gasteiger partial charge in [-0.3, -0.25) is 4.79 Å². The molecule has 0 unspecified atom stereocenters. The van der Waals surface area contributed by atoms with Crippen molar-refractivity contribution in [1.82, 2.24) is 0 Å². The summed E-state index contributed by atoms with van der Waals surface area (Å²) < 4.78 is 9.41. The van der Waals surface area contributed by atoms with E-state index in [4.69, 9.17) is 9.52 Å². The molecule has 0 aromatic carbocycles. The van der Waals surface area contributed by atoms with Gasteiger partial charge in [0.2, 0.25) is 5.78 Å². The highest BCUT2D eigenvalue weighted by Crippen LogP contribution is 2.04. The Morgan fingerprint density at radius 2 is 2.58 bits per heavy atom. The topological polar surface area (TPSA) is 59.7 Å². The van der Waals surface area contributed by atoms with Crippen molar-refractivity contribution in [2.45, 2.75) is 6.10 Å². The molecule has 0 radical (unpaired) electrons. The number of ether oxygens (including phenoxy) is 1. The first kappa shape index (κ1) is 8.96. The number of ketones is 1. The zero-order valence-corrected chi connectivity index (χ0v) is 6.69. The molecule has 1 aromatic heterocycles. The van der Waals surface area contributed by atoms with E-state index in [0.717, 1.165) is 0 Å². The summed E-state index contributed by atoms with van der Waals surface area (Å²) in [6, 6.07) is 3.09. The normalized spacial score (nSPS) is 12.8. The number of methoxy groups -OCH3 is 1. The lowest BCUT2D eigenvalue weighted by Crippen LogP contribution is -2.24. The number of aliphatic hydroxyl groups is 1. The Morgan fingerprint density at radius 3 is 3.08 bits per heavy atom. The molecule has 66 valence electrons. The van der Waals surface area contributed by atoms with Gasteiger partial charge in [-0.25, -0.2) is 0 Å². The highest BCUT2D eigenvalue weighted by atomic mass is 16.5. The number of hydrogen-bond donors (Lipinski definition) is 1. The molecule has 1 aromatic rings. The van der Waals surface area contributed by atoms with E-state index in [2.05, 4.69) is 4.74 Å². The molecule has 0 fully saturated rings. The van der Waals surface area contributed by atoms with Crippen molar-refractivity contribution < 1.29 is 19.1 Å². The Balaban J connectivity index is 2.59. The van der Waals surface area contributed by atoms with Crippen LogP contribution in [0.5, 0.6) is 0 Å². The van der Waals surface area contributed by atoms with Crippen molar-refractivity contribution in [1.29, 1.82) is 0 Å². The largest absolute Gasteiger partial charge is 0.461 e. The van der Waals surface area contributed by atoms with Crippen LogP contribution in [0.2, 0.25) is 0 Å². The molecule has 1 heterocycles. The van der Waals surface area contributed by atoms with Crippen LogP contribution in [-0.4, -0.2) is 30.7 Å². The van der Waals surface area contributed by atoms with Gasteiger partial charge in [-0.1, -0.05) is 0 Å². The predicted molar refractivity (Wildman–Crippen MR) is 40.9 cm³/mol. The Hall–Kier alpha value is -1.13. The molecule has 0 spiro atoms. The minimum atomic E-state index is -1.14. The van der Waals surface area contributed by atoms with Gasteiger partial charge in [0.15, 0.2) is 5.76 Å². The number of furan rings is 1. The lowest BCUT2D eigenvalue weighted by molar-refractivity contribution is 0.0452. The molecular formula is C8H10O4. The van der Waals surface area contributed by atoms with Crippen LogP contribution in [-0.2, 0) is 4.74 Å². The zero-order chi connectivity index (χ0) is 8.97. The molecule has 4 heteroatoms. The van der Waals surface area contributed by atoms with Crippen LogP contribution < -0.4 is 0 Å². The highest BCUT2D eigenvalue weighted by molar-refractivity contribution is 5.96. The van der Waals surface area contributed by atoms with Crippen molar-refractivity contribution in [3.63, 3.8) is 0 Å². The second kappa shape index (κ2) is 4.04. The SMILES string of the molecule is COC[C@@H](O)C(=O)c1ccco1. The fourth-order valence-electron chi connectivity index (χ4n) is 0.817. The number of Topliss-reactive ketones (excluding diaryl/α,β-unsaturated/α-hetero) is 1. The molecule has 4 nitrogen and oxygen atoms in total. The maximum absolute atomic E-state index is 11.2. The third-order valence-electron chi connectivity index (χ3n) is 1.39. The summed E-state index contributed by atoms with van der Waals surface area (Å²) in [6.07, 6.45) is 0.244. The van der Waals surface area contributed by atoms with E-state index in [1.165, 1.54) is 19.4 Å². The summed E-state index contributed by atoms with van der Waals surface area (Å²) in [6.45, 7) is -0.0144. The molecule has 1 rings (SSSR count). The van der Waals surface area contributed by atoms with Gasteiger partial charge >= 0.3 is 0 Å². The maximum Gasteiger partial charge on any atom is 0.228 e. The number of carbonyl (C=O) groups is 1. The first-order chi connectivity index (χ1) is 5.75. The van der Waals surface area contributed by atoms with E-state index in [1.54, 1.807) is 6.07 Å². The summed E-state index contributed by atoms with van der Waals surface area (Å²) >= 11 is 0. The molecule has 12 heavy (non-hydrogen) atoms. The van der Waals surface area contributed by atoms with Crippen LogP contribution in [0.15, 0.2) is 22.8 Å². The minimum absolute atomic E-state index is 0.0144. The summed E-state index contributed by atoms with van der Waals surface area (Å²) in [5.74, 6) is -0.304. The molecule has 0 saturated heterocycles. The number of carbonyl (C=O) groups excluding carboxylic acids is 1. The van der Waals surface area contributed by atoms with Crippen LogP contribution in [0.4, 0.5) is 0 Å². The monoisotopic (exact) mass is 170 g/mol. The van der Waals surface area contributed by atoms with E-state index in [9.17, 15) is 4.79 Å². The molecule has 1 N–H and O–H groups in total. The zero-order valence-electron chi connectivity index (χ0n) is 6.69. The Bertz CT molecular complexity index is 240. The molecule has 0 saturated carbocycles. The third-order valence-corrected chi connectivity index (χ3v) is 1.39. The van der Waals surface area contributed by atoms with Gasteiger partial charge in [-0.05, 0) is 12.1 Å². The summed E-state index contributed by atoms with van der Waals surface area (Å²) in [4.78, 5) is 11.2. The molecule has 0 aliphatic heterocycles. The molecule has 0 bridgehead atoms. The Labute approximate surface area is 69.8 Å². The van der Waals surface area contributed by atoms with Crippen molar-refractivity contribution in [2.75, 3.05) is 13.7 Å². The summed E-state index contributed by atoms with van der Waals surface area (Å²) in [5, 5.41) is 9.15. The first-order valence-corrected chi connectivity index (χ1v) is 3.50. The minimum Gasteiger partial charge on any atom is -0.461 e. The van der Waals surface area contributed by atoms with Crippen LogP contribution in [0.1, 0.15) is 10.6 Å². The van der Waals surface area contributed by atoms with Crippen LogP contribution in [0.25, 0.3) is 0 Å². The molecule has 0 aliphatic carbocycles. The lowest BCUT2D eigenvalue weighted by atomic mass is 10.2. The van der Waals surface area contributed by atoms with E-state index >= 15 is 0 Å². The number of rotatable bonds is 4. The molecular weight excluding hydrogens is 160 g/mol. The number of aliphatic hydroxyl groups excluding tert-OH is 1. The van der Waals surface area contributed by atoms with Gasteiger partial charge in [-0.15, -0.1) is 0 Å². The fraction of sp³-hybridized carbons (Fsp3) is 0.375. The van der Waals surface area contributed by atoms with Crippen molar-refractivity contribution >= 4 is 5.78 Å². The second-order valence-corrected chi connectivity index (χ2v) is 2.31. The van der Waals surface area contributed by atoms with Crippen molar-refractivity contribution in [3.8, 4) is 0 Å². The lowest BCUT2D eigenvalue weighted by Gasteiger charge is -2.04. The standard InChI is InChI=1S/C8H10O4/c1-11-5-6(9)8(10)7-3-2-4-12-7/h2-4,6,9H,5H2,1H3/t6-/m1/s1. The van der Waals surface area contributed by atoms with Crippen LogP contribution >= 0.6 is 0 Å². The third kappa shape index (κ3) is 1.93. The highest BCUT2D eigenvalue weighted by Gasteiger charge is 2.18. The van der Waals surface area contributed by atoms with E-state index in [0.29, 0.717) is 0 Å². The second-order valence-electron chi connectivity index (χ2n) is 2.31. The first-order valence-electron chi connectivity index (χ1n) is 3.50. The Morgan fingerprint density at radius 1 is 1.83 bits per heavy atom. The van der Waals surface area contributed by atoms with Gasteiger partial charge in [0.25, 0.3) is 0 Å². The van der Waals surface area contributed by atoms with E-state index in [1.807, 2.05) is 0 Å². The molecule has 0 aliphatic rings. The van der Waals surface area contributed by atoms with Gasteiger partial charge in [0.05, 0.1) is 12.9 Å². The quantitative estimate of drug-likeness (QED) is 0.667. The molecule has 1 atom stereocenters. The number of hydrogen-bond acceptors (Lipinski definition) is 4. The van der Waals surface area contributed by atoms with Gasteiger partial charge in [0, 0.05) is 7.11 Å². The van der Waals surface area contributed by atoms with Crippen molar-refractivity contribution in [2.24, 2.45) is 0 Å².